The average molecular weight is 588 g/mol. The van der Waals surface area contributed by atoms with E-state index in [-0.39, 0.29) is 5.97 Å². The van der Waals surface area contributed by atoms with E-state index in [1.165, 1.54) is 0 Å². The number of esters is 1. The molecule has 0 spiro atoms. The van der Waals surface area contributed by atoms with Crippen molar-refractivity contribution in [2.24, 2.45) is 0 Å². The van der Waals surface area contributed by atoms with E-state index >= 15 is 0 Å². The fourth-order valence-corrected chi connectivity index (χ4v) is 3.99. The summed E-state index contributed by atoms with van der Waals surface area (Å²) in [5.74, 6) is 0.429. The van der Waals surface area contributed by atoms with Gasteiger partial charge in [-0.15, -0.1) is 0 Å². The summed E-state index contributed by atoms with van der Waals surface area (Å²) in [5.41, 5.74) is 4.32. The lowest BCUT2D eigenvalue weighted by atomic mass is 9.98. The van der Waals surface area contributed by atoms with Crippen LogP contribution < -0.4 is 4.74 Å². The minimum atomic E-state index is -0.598. The van der Waals surface area contributed by atoms with Gasteiger partial charge in [0.2, 0.25) is 0 Å². The molecule has 0 aromatic heterocycles. The van der Waals surface area contributed by atoms with Gasteiger partial charge in [0.25, 0.3) is 0 Å². The lowest BCUT2D eigenvalue weighted by molar-refractivity contribution is -0.156. The Bertz CT molecular complexity index is 1030. The van der Waals surface area contributed by atoms with Crippen molar-refractivity contribution in [1.29, 1.82) is 0 Å². The molecule has 0 fully saturated rings. The van der Waals surface area contributed by atoms with Gasteiger partial charge >= 0.3 is 5.97 Å². The maximum atomic E-state index is 12.1. The van der Waals surface area contributed by atoms with E-state index in [4.69, 9.17) is 14.2 Å². The van der Waals surface area contributed by atoms with E-state index in [1.807, 2.05) is 55.5 Å². The summed E-state index contributed by atoms with van der Waals surface area (Å²) in [7, 11) is 0. The summed E-state index contributed by atoms with van der Waals surface area (Å²) < 4.78 is 18.8. The molecule has 0 N–H and O–H groups in total. The molecular formula is C28H28Br2O4. The third-order valence-corrected chi connectivity index (χ3v) is 6.17. The van der Waals surface area contributed by atoms with Crippen LogP contribution in [0.1, 0.15) is 30.5 Å². The van der Waals surface area contributed by atoms with Gasteiger partial charge in [-0.05, 0) is 78.6 Å². The topological polar surface area (TPSA) is 44.8 Å². The Morgan fingerprint density at radius 3 is 1.88 bits per heavy atom. The van der Waals surface area contributed by atoms with Gasteiger partial charge in [-0.2, -0.15) is 0 Å². The van der Waals surface area contributed by atoms with Crippen LogP contribution in [0.25, 0.3) is 5.57 Å². The summed E-state index contributed by atoms with van der Waals surface area (Å²) in [6.07, 6.45) is 1.95. The zero-order valence-corrected chi connectivity index (χ0v) is 22.5. The third-order valence-electron chi connectivity index (χ3n) is 5.11. The number of halogens is 2. The second-order valence-electron chi connectivity index (χ2n) is 7.49. The minimum Gasteiger partial charge on any atom is -0.490 e. The van der Waals surface area contributed by atoms with E-state index in [1.54, 1.807) is 6.92 Å². The first kappa shape index (κ1) is 26.2. The standard InChI is InChI=1S/C28H28Br2O4/c1-3-32-27(28(31)33-4-2)19-20-5-15-25(16-6-20)34-18-17-26(21-7-11-23(29)12-8-21)22-9-13-24(30)14-10-22/h5-17,27H,3-4,18-19H2,1-2H3/t27-/m0/s1. The van der Waals surface area contributed by atoms with Crippen molar-refractivity contribution in [2.45, 2.75) is 26.4 Å². The van der Waals surface area contributed by atoms with Crippen molar-refractivity contribution >= 4 is 43.4 Å². The molecule has 0 unspecified atom stereocenters. The van der Waals surface area contributed by atoms with E-state index in [0.29, 0.717) is 26.2 Å². The molecule has 1 atom stereocenters. The second kappa shape index (κ2) is 13.5. The predicted octanol–water partition coefficient (Wildman–Crippen LogP) is 7.23. The van der Waals surface area contributed by atoms with Crippen molar-refractivity contribution in [3.63, 3.8) is 0 Å². The fourth-order valence-electron chi connectivity index (χ4n) is 3.47. The molecule has 0 saturated heterocycles. The molecule has 0 aliphatic heterocycles. The summed E-state index contributed by atoms with van der Waals surface area (Å²) in [4.78, 5) is 12.1. The van der Waals surface area contributed by atoms with Crippen LogP contribution in [0.2, 0.25) is 0 Å². The highest BCUT2D eigenvalue weighted by Gasteiger charge is 2.20. The SMILES string of the molecule is CCOC(=O)[C@H](Cc1ccc(OCC=C(c2ccc(Br)cc2)c2ccc(Br)cc2)cc1)OCC. The number of carbonyl (C=O) groups is 1. The largest absolute Gasteiger partial charge is 0.490 e. The quantitative estimate of drug-likeness (QED) is 0.222. The van der Waals surface area contributed by atoms with Crippen LogP contribution in [0.3, 0.4) is 0 Å². The van der Waals surface area contributed by atoms with Crippen LogP contribution in [-0.2, 0) is 20.7 Å². The first-order valence-corrected chi connectivity index (χ1v) is 12.8. The Hall–Kier alpha value is -2.41. The summed E-state index contributed by atoms with van der Waals surface area (Å²) >= 11 is 7.01. The number of carbonyl (C=O) groups excluding carboxylic acids is 1. The summed E-state index contributed by atoms with van der Waals surface area (Å²) in [5, 5.41) is 0. The molecule has 0 amide bonds. The first-order valence-electron chi connectivity index (χ1n) is 11.2. The van der Waals surface area contributed by atoms with E-state index in [9.17, 15) is 4.79 Å². The van der Waals surface area contributed by atoms with Gasteiger partial charge in [-0.3, -0.25) is 0 Å². The molecule has 3 aromatic carbocycles. The molecule has 0 radical (unpaired) electrons. The molecular weight excluding hydrogens is 560 g/mol. The van der Waals surface area contributed by atoms with Crippen molar-refractivity contribution in [3.05, 3.63) is 105 Å². The second-order valence-corrected chi connectivity index (χ2v) is 9.32. The number of hydrogen-bond acceptors (Lipinski definition) is 4. The van der Waals surface area contributed by atoms with Gasteiger partial charge in [-0.25, -0.2) is 4.79 Å². The number of hydrogen-bond donors (Lipinski definition) is 0. The van der Waals surface area contributed by atoms with Gasteiger partial charge in [0.05, 0.1) is 6.61 Å². The molecule has 3 aromatic rings. The van der Waals surface area contributed by atoms with Crippen LogP contribution in [0, 0.1) is 0 Å². The molecule has 0 aliphatic rings. The lowest BCUT2D eigenvalue weighted by Crippen LogP contribution is -2.28. The molecule has 0 bridgehead atoms. The Kier molecular flexibility index (Phi) is 10.4. The smallest absolute Gasteiger partial charge is 0.335 e. The zero-order chi connectivity index (χ0) is 24.3. The van der Waals surface area contributed by atoms with Gasteiger partial charge in [0.15, 0.2) is 6.10 Å². The first-order chi connectivity index (χ1) is 16.5. The van der Waals surface area contributed by atoms with Gasteiger partial charge in [0, 0.05) is 22.0 Å². The van der Waals surface area contributed by atoms with Crippen LogP contribution >= 0.6 is 31.9 Å². The number of ether oxygens (including phenoxy) is 3. The van der Waals surface area contributed by atoms with Gasteiger partial charge < -0.3 is 14.2 Å². The van der Waals surface area contributed by atoms with E-state index in [2.05, 4.69) is 62.2 Å². The normalized spacial score (nSPS) is 11.5. The maximum absolute atomic E-state index is 12.1. The van der Waals surface area contributed by atoms with Crippen LogP contribution in [0.4, 0.5) is 0 Å². The van der Waals surface area contributed by atoms with Crippen molar-refractivity contribution < 1.29 is 19.0 Å². The van der Waals surface area contributed by atoms with Crippen molar-refractivity contribution in [2.75, 3.05) is 19.8 Å². The van der Waals surface area contributed by atoms with Crippen LogP contribution in [0.5, 0.6) is 5.75 Å². The molecule has 4 nitrogen and oxygen atoms in total. The maximum Gasteiger partial charge on any atom is 0.335 e. The molecule has 3 rings (SSSR count). The van der Waals surface area contributed by atoms with Gasteiger partial charge in [-0.1, -0.05) is 68.3 Å². The Balaban J connectivity index is 1.69. The van der Waals surface area contributed by atoms with Crippen molar-refractivity contribution in [3.8, 4) is 5.75 Å². The number of rotatable bonds is 11. The minimum absolute atomic E-state index is 0.330. The molecule has 34 heavy (non-hydrogen) atoms. The number of benzene rings is 3. The van der Waals surface area contributed by atoms with Crippen molar-refractivity contribution in [1.82, 2.24) is 0 Å². The monoisotopic (exact) mass is 586 g/mol. The van der Waals surface area contributed by atoms with Crippen LogP contribution in [0.15, 0.2) is 87.8 Å². The Morgan fingerprint density at radius 2 is 1.38 bits per heavy atom. The molecule has 0 saturated carbocycles. The molecule has 6 heteroatoms. The van der Waals surface area contributed by atoms with Crippen LogP contribution in [-0.4, -0.2) is 31.9 Å². The highest BCUT2D eigenvalue weighted by molar-refractivity contribution is 9.10. The highest BCUT2D eigenvalue weighted by atomic mass is 79.9. The summed E-state index contributed by atoms with van der Waals surface area (Å²) in [6, 6.07) is 24.2. The predicted molar refractivity (Wildman–Crippen MR) is 143 cm³/mol. The molecule has 178 valence electrons. The Labute approximate surface area is 218 Å². The van der Waals surface area contributed by atoms with Gasteiger partial charge in [0.1, 0.15) is 12.4 Å². The molecule has 0 aliphatic carbocycles. The fraction of sp³-hybridized carbons (Fsp3) is 0.250. The Morgan fingerprint density at radius 1 is 0.824 bits per heavy atom. The lowest BCUT2D eigenvalue weighted by Gasteiger charge is -2.15. The van der Waals surface area contributed by atoms with E-state index < -0.39 is 6.10 Å². The third kappa shape index (κ3) is 7.83. The van der Waals surface area contributed by atoms with E-state index in [0.717, 1.165) is 37.0 Å². The summed E-state index contributed by atoms with van der Waals surface area (Å²) in [6.45, 7) is 4.88. The molecule has 0 heterocycles. The highest BCUT2D eigenvalue weighted by Crippen LogP contribution is 2.26. The average Bonchev–Trinajstić information content (AvgIpc) is 2.84. The zero-order valence-electron chi connectivity index (χ0n) is 19.3.